The lowest BCUT2D eigenvalue weighted by molar-refractivity contribution is -0.367. The number of hydrogen-bond acceptors (Lipinski definition) is 12. The van der Waals surface area contributed by atoms with Crippen molar-refractivity contribution in [1.82, 2.24) is 0 Å². The van der Waals surface area contributed by atoms with Crippen molar-refractivity contribution in [2.24, 2.45) is 47.3 Å². The molecule has 0 radical (unpaired) electrons. The quantitative estimate of drug-likeness (QED) is 0.113. The van der Waals surface area contributed by atoms with E-state index in [1.807, 2.05) is 54.6 Å². The van der Waals surface area contributed by atoms with Gasteiger partial charge in [-0.3, -0.25) is 4.79 Å². The number of esters is 1. The van der Waals surface area contributed by atoms with Crippen molar-refractivity contribution < 1.29 is 56.9 Å². The zero-order chi connectivity index (χ0) is 47.8. The van der Waals surface area contributed by atoms with Crippen LogP contribution in [0.2, 0.25) is 0 Å². The van der Waals surface area contributed by atoms with Gasteiger partial charge in [-0.05, 0) is 46.8 Å². The van der Waals surface area contributed by atoms with Crippen LogP contribution in [0.4, 0.5) is 0 Å². The molecule has 4 saturated heterocycles. The van der Waals surface area contributed by atoms with Crippen molar-refractivity contribution in [2.75, 3.05) is 27.4 Å². The third-order valence-corrected chi connectivity index (χ3v) is 15.6. The van der Waals surface area contributed by atoms with Gasteiger partial charge >= 0.3 is 5.97 Å². The molecule has 4 aliphatic heterocycles. The van der Waals surface area contributed by atoms with E-state index in [4.69, 9.17) is 52.1 Å². The van der Waals surface area contributed by atoms with Crippen LogP contribution in [0.5, 0.6) is 0 Å². The van der Waals surface area contributed by atoms with Gasteiger partial charge < -0.3 is 52.1 Å². The molecule has 0 N–H and O–H groups in total. The molecule has 0 spiro atoms. The van der Waals surface area contributed by atoms with Crippen LogP contribution in [-0.2, 0) is 76.3 Å². The number of rotatable bonds is 18. The van der Waals surface area contributed by atoms with E-state index < -0.39 is 67.8 Å². The number of benzene rings is 3. The van der Waals surface area contributed by atoms with E-state index in [0.717, 1.165) is 17.5 Å². The number of methoxy groups -OCH3 is 2. The lowest BCUT2D eigenvalue weighted by Crippen LogP contribution is -2.62. The van der Waals surface area contributed by atoms with Gasteiger partial charge in [0.2, 0.25) is 0 Å². The standard InChI is InChI=1S/C55H78O12/c1-32-33(2)44(27-41-21-15-12-16-22-41)61-53(36(32)5)65-49-35(4)38(7)54(64-47(49)31-60-40(9)56)67-51-45(28-42-23-17-13-18-24-42)62-55(39(8)50(51)57-10)66-48-34(3)37(6)52(58-11)63-46(48)30-59-29-43-25-19-14-20-26-43/h12-26,32-39,44-55H,27-31H2,1-11H3/t32-,33-,34+,35?,36?,37?,38?,39?,44?,45-,46?,47-,48-,49-,50?,51+,52-,53-,54+,55-/m0/s1. The van der Waals surface area contributed by atoms with Gasteiger partial charge in [0.25, 0.3) is 0 Å². The molecule has 8 unspecified atom stereocenters. The zero-order valence-corrected chi connectivity index (χ0v) is 41.6. The minimum atomic E-state index is -0.705. The molecule has 0 amide bonds. The van der Waals surface area contributed by atoms with E-state index in [9.17, 15) is 4.79 Å². The van der Waals surface area contributed by atoms with Crippen LogP contribution in [0.3, 0.4) is 0 Å². The predicted octanol–water partition coefficient (Wildman–Crippen LogP) is 9.06. The Labute approximate surface area is 399 Å². The van der Waals surface area contributed by atoms with Gasteiger partial charge in [-0.1, -0.05) is 146 Å². The molecule has 7 rings (SSSR count). The first-order valence-electron chi connectivity index (χ1n) is 24.7. The van der Waals surface area contributed by atoms with E-state index in [1.165, 1.54) is 12.5 Å². The highest BCUT2D eigenvalue weighted by molar-refractivity contribution is 5.65. The Bertz CT molecular complexity index is 1920. The maximum absolute atomic E-state index is 12.3. The molecule has 4 aliphatic rings. The van der Waals surface area contributed by atoms with E-state index >= 15 is 0 Å². The van der Waals surface area contributed by atoms with Gasteiger partial charge in [0.1, 0.15) is 24.9 Å². The van der Waals surface area contributed by atoms with Crippen LogP contribution < -0.4 is 0 Å². The molecule has 0 aliphatic carbocycles. The summed E-state index contributed by atoms with van der Waals surface area (Å²) in [4.78, 5) is 12.3. The molecule has 20 atom stereocenters. The van der Waals surface area contributed by atoms with Gasteiger partial charge in [-0.2, -0.15) is 0 Å². The Balaban J connectivity index is 1.10. The maximum atomic E-state index is 12.3. The van der Waals surface area contributed by atoms with Crippen molar-refractivity contribution in [3.05, 3.63) is 108 Å². The average molecular weight is 931 g/mol. The van der Waals surface area contributed by atoms with Crippen LogP contribution in [0.1, 0.15) is 79.0 Å². The summed E-state index contributed by atoms with van der Waals surface area (Å²) in [6.07, 6.45) is -4.28. The summed E-state index contributed by atoms with van der Waals surface area (Å²) in [7, 11) is 3.40. The lowest BCUT2D eigenvalue weighted by atomic mass is 9.77. The van der Waals surface area contributed by atoms with Gasteiger partial charge in [-0.15, -0.1) is 0 Å². The molecule has 370 valence electrons. The van der Waals surface area contributed by atoms with Gasteiger partial charge in [-0.25, -0.2) is 0 Å². The average Bonchev–Trinajstić information content (AvgIpc) is 3.33. The monoisotopic (exact) mass is 931 g/mol. The molecular weight excluding hydrogens is 853 g/mol. The molecule has 4 fully saturated rings. The van der Waals surface area contributed by atoms with E-state index in [2.05, 4.69) is 91.8 Å². The molecular formula is C55H78O12. The molecule has 12 heteroatoms. The van der Waals surface area contributed by atoms with E-state index in [0.29, 0.717) is 31.5 Å². The lowest BCUT2D eigenvalue weighted by Gasteiger charge is -2.52. The fraction of sp³-hybridized carbons (Fsp3) is 0.655. The van der Waals surface area contributed by atoms with Gasteiger partial charge in [0.05, 0.1) is 43.7 Å². The molecule has 12 nitrogen and oxygen atoms in total. The predicted molar refractivity (Wildman–Crippen MR) is 253 cm³/mol. The Morgan fingerprint density at radius 3 is 1.40 bits per heavy atom. The summed E-state index contributed by atoms with van der Waals surface area (Å²) in [5.74, 6) is 0.0228. The van der Waals surface area contributed by atoms with E-state index in [1.54, 1.807) is 14.2 Å². The third kappa shape index (κ3) is 12.6. The third-order valence-electron chi connectivity index (χ3n) is 15.6. The van der Waals surface area contributed by atoms with Gasteiger partial charge in [0.15, 0.2) is 25.2 Å². The minimum Gasteiger partial charge on any atom is -0.463 e. The molecule has 0 saturated carbocycles. The van der Waals surface area contributed by atoms with Crippen LogP contribution >= 0.6 is 0 Å². The van der Waals surface area contributed by atoms with Crippen LogP contribution in [-0.4, -0.2) is 107 Å². The van der Waals surface area contributed by atoms with Crippen molar-refractivity contribution in [2.45, 2.75) is 156 Å². The van der Waals surface area contributed by atoms with Crippen molar-refractivity contribution in [1.29, 1.82) is 0 Å². The van der Waals surface area contributed by atoms with Crippen molar-refractivity contribution >= 4 is 5.97 Å². The fourth-order valence-electron chi connectivity index (χ4n) is 10.6. The minimum absolute atomic E-state index is 0.00623. The second kappa shape index (κ2) is 24.0. The summed E-state index contributed by atoms with van der Waals surface area (Å²) < 4.78 is 73.0. The smallest absolute Gasteiger partial charge is 0.302 e. The summed E-state index contributed by atoms with van der Waals surface area (Å²) in [5.41, 5.74) is 3.40. The molecule has 4 heterocycles. The summed E-state index contributed by atoms with van der Waals surface area (Å²) in [6.45, 7) is 19.6. The Kier molecular flexibility index (Phi) is 18.5. The van der Waals surface area contributed by atoms with Crippen LogP contribution in [0, 0.1) is 47.3 Å². The Morgan fingerprint density at radius 2 is 0.866 bits per heavy atom. The first-order valence-corrected chi connectivity index (χ1v) is 24.7. The normalized spacial score (nSPS) is 39.1. The van der Waals surface area contributed by atoms with Crippen molar-refractivity contribution in [3.63, 3.8) is 0 Å². The summed E-state index contributed by atoms with van der Waals surface area (Å²) in [5, 5.41) is 0. The highest BCUT2D eigenvalue weighted by atomic mass is 16.8. The summed E-state index contributed by atoms with van der Waals surface area (Å²) >= 11 is 0. The fourth-order valence-corrected chi connectivity index (χ4v) is 10.6. The second-order valence-corrected chi connectivity index (χ2v) is 20.0. The van der Waals surface area contributed by atoms with Gasteiger partial charge in [0, 0.05) is 51.2 Å². The topological polar surface area (TPSA) is 119 Å². The Hall–Kier alpha value is -3.27. The SMILES string of the molecule is COC1C(C)[C@H](O[C@@H]2C(COCc3ccccc3)O[C@H](OC)C(C)[C@H]2C)O[C@@H](Cc2ccccc2)[C@H]1O[C@H]1O[C@@H](COC(C)=O)[C@@H](O[C@@H]2OC(Cc3ccccc3)[C@@H](C)[C@H](C)C2C)C(C)C1C. The number of ether oxygens (including phenoxy) is 11. The second-order valence-electron chi connectivity index (χ2n) is 20.0. The summed E-state index contributed by atoms with van der Waals surface area (Å²) in [6, 6.07) is 30.8. The first kappa shape index (κ1) is 51.6. The molecule has 67 heavy (non-hydrogen) atoms. The largest absolute Gasteiger partial charge is 0.463 e. The number of hydrogen-bond donors (Lipinski definition) is 0. The highest BCUT2D eigenvalue weighted by Crippen LogP contribution is 2.43. The highest BCUT2D eigenvalue weighted by Gasteiger charge is 2.53. The number of carbonyl (C=O) groups is 1. The van der Waals surface area contributed by atoms with E-state index in [-0.39, 0.29) is 54.3 Å². The van der Waals surface area contributed by atoms with Crippen molar-refractivity contribution in [3.8, 4) is 0 Å². The molecule has 3 aromatic carbocycles. The zero-order valence-electron chi connectivity index (χ0n) is 41.6. The molecule has 3 aromatic rings. The molecule has 0 bridgehead atoms. The maximum Gasteiger partial charge on any atom is 0.302 e. The van der Waals surface area contributed by atoms with Crippen LogP contribution in [0.25, 0.3) is 0 Å². The molecule has 0 aromatic heterocycles. The first-order chi connectivity index (χ1) is 32.3. The van der Waals surface area contributed by atoms with Crippen LogP contribution in [0.15, 0.2) is 91.0 Å². The Morgan fingerprint density at radius 1 is 0.433 bits per heavy atom. The number of carbonyl (C=O) groups excluding carboxylic acids is 1.